The van der Waals surface area contributed by atoms with E-state index in [1.54, 1.807) is 0 Å². The van der Waals surface area contributed by atoms with Crippen LogP contribution >= 0.6 is 0 Å². The Morgan fingerprint density at radius 3 is 0.976 bits per heavy atom. The quantitative estimate of drug-likeness (QED) is 0.119. The van der Waals surface area contributed by atoms with Crippen molar-refractivity contribution in [3.63, 3.8) is 0 Å². The molecule has 3 saturated heterocycles. The minimum absolute atomic E-state index is 1.34. The predicted molar refractivity (Wildman–Crippen MR) is 122 cm³/mol. The maximum atomic E-state index is 12.2. The van der Waals surface area contributed by atoms with Crippen molar-refractivity contribution in [1.29, 1.82) is 0 Å². The van der Waals surface area contributed by atoms with Gasteiger partial charge in [-0.05, 0) is 0 Å². The van der Waals surface area contributed by atoms with Crippen molar-refractivity contribution in [1.82, 2.24) is 0 Å². The minimum atomic E-state index is -4.89. The van der Waals surface area contributed by atoms with Gasteiger partial charge in [-0.25, -0.2) is 0 Å². The van der Waals surface area contributed by atoms with E-state index in [1.807, 2.05) is 0 Å². The Balaban J connectivity index is 2.45. The Hall–Kier alpha value is -0.840. The summed E-state index contributed by atoms with van der Waals surface area (Å²) in [5.74, 6) is -13.1. The predicted octanol–water partition coefficient (Wildman–Crippen LogP) is -12.1. The Bertz CT molecular complexity index is 896. The highest BCUT2D eigenvalue weighted by Crippen LogP contribution is 2.56. The van der Waals surface area contributed by atoms with Crippen molar-refractivity contribution >= 4 is 0 Å². The van der Waals surface area contributed by atoms with Crippen LogP contribution in [0.1, 0.15) is 0 Å². The summed E-state index contributed by atoms with van der Waals surface area (Å²) in [6.45, 7) is -6.43. The molecular weight excluding hydrogens is 588 g/mol. The Morgan fingerprint density at radius 2 is 0.714 bits per heavy atom. The zero-order valence-corrected chi connectivity index (χ0v) is 21.5. The SMILES string of the molecule is OCC1OC(O)(C(O)(CO)C(O)(C2(O)OC(CO)C(O)C(O)C2O)C2(O)OC(CO)C(O)C(O)C2O)C(O)C(O)C1O. The third kappa shape index (κ3) is 4.45. The van der Waals surface area contributed by atoms with Crippen molar-refractivity contribution in [2.24, 2.45) is 0 Å². The lowest BCUT2D eigenvalue weighted by molar-refractivity contribution is -0.534. The van der Waals surface area contributed by atoms with Crippen LogP contribution in [0.2, 0.25) is 0 Å². The third-order valence-electron chi connectivity index (χ3n) is 8.36. The molecular formula is C21H38O21. The number of aliphatic hydroxyl groups excluding tert-OH is 13. The molecule has 3 aliphatic heterocycles. The fourth-order valence-electron chi connectivity index (χ4n) is 5.74. The fourth-order valence-corrected chi connectivity index (χ4v) is 5.74. The molecule has 0 bridgehead atoms. The second-order valence-electron chi connectivity index (χ2n) is 10.6. The molecule has 0 aromatic carbocycles. The molecule has 42 heavy (non-hydrogen) atoms. The monoisotopic (exact) mass is 626 g/mol. The van der Waals surface area contributed by atoms with E-state index in [4.69, 9.17) is 14.2 Å². The topological polar surface area (TPSA) is 392 Å². The first kappa shape index (κ1) is 35.6. The average molecular weight is 627 g/mol. The van der Waals surface area contributed by atoms with E-state index in [1.165, 1.54) is 0 Å². The van der Waals surface area contributed by atoms with E-state index in [2.05, 4.69) is 0 Å². The summed E-state index contributed by atoms with van der Waals surface area (Å²) in [7, 11) is 0. The van der Waals surface area contributed by atoms with Gasteiger partial charge in [-0.1, -0.05) is 0 Å². The maximum absolute atomic E-state index is 12.2. The third-order valence-corrected chi connectivity index (χ3v) is 8.36. The molecule has 16 unspecified atom stereocenters. The van der Waals surface area contributed by atoms with Crippen LogP contribution in [0.15, 0.2) is 0 Å². The summed E-state index contributed by atoms with van der Waals surface area (Å²) in [6.07, 6.45) is -31.4. The van der Waals surface area contributed by atoms with Gasteiger partial charge in [0.05, 0.1) is 26.4 Å². The summed E-state index contributed by atoms with van der Waals surface area (Å²) in [5, 5.41) is 192. The van der Waals surface area contributed by atoms with Gasteiger partial charge in [0.15, 0.2) is 5.60 Å². The van der Waals surface area contributed by atoms with Crippen LogP contribution in [-0.4, -0.2) is 220 Å². The van der Waals surface area contributed by atoms with Crippen molar-refractivity contribution in [3.05, 3.63) is 0 Å². The van der Waals surface area contributed by atoms with Gasteiger partial charge in [-0.3, -0.25) is 0 Å². The molecule has 3 rings (SSSR count). The number of ether oxygens (including phenoxy) is 3. The smallest absolute Gasteiger partial charge is 0.233 e. The molecule has 248 valence electrons. The Morgan fingerprint density at radius 1 is 0.452 bits per heavy atom. The normalized spacial score (nSPS) is 53.3. The number of hydrogen-bond donors (Lipinski definition) is 18. The molecule has 21 nitrogen and oxygen atoms in total. The van der Waals surface area contributed by atoms with Crippen LogP contribution in [0.4, 0.5) is 0 Å². The molecule has 3 heterocycles. The summed E-state index contributed by atoms with van der Waals surface area (Å²) < 4.78 is 14.8. The highest BCUT2D eigenvalue weighted by atomic mass is 16.7. The first-order valence-corrected chi connectivity index (χ1v) is 12.5. The van der Waals surface area contributed by atoms with E-state index in [-0.39, 0.29) is 0 Å². The number of rotatable bonds is 8. The Labute approximate surface area is 235 Å². The average Bonchev–Trinajstić information content (AvgIpc) is 2.98. The van der Waals surface area contributed by atoms with Gasteiger partial charge in [-0.2, -0.15) is 0 Å². The van der Waals surface area contributed by atoms with E-state index in [0.29, 0.717) is 0 Å². The second kappa shape index (κ2) is 11.8. The van der Waals surface area contributed by atoms with Gasteiger partial charge < -0.3 is 106 Å². The molecule has 0 amide bonds. The van der Waals surface area contributed by atoms with Gasteiger partial charge in [0.1, 0.15) is 73.2 Å². The number of hydrogen-bond acceptors (Lipinski definition) is 21. The molecule has 0 radical (unpaired) electrons. The largest absolute Gasteiger partial charge is 0.394 e. The molecule has 3 fully saturated rings. The van der Waals surface area contributed by atoms with Gasteiger partial charge >= 0.3 is 0 Å². The molecule has 16 atom stereocenters. The summed E-state index contributed by atoms with van der Waals surface area (Å²) >= 11 is 0. The molecule has 18 N–H and O–H groups in total. The first-order valence-electron chi connectivity index (χ1n) is 12.5. The molecule has 0 aromatic heterocycles. The second-order valence-corrected chi connectivity index (χ2v) is 10.6. The summed E-state index contributed by atoms with van der Waals surface area (Å²) in [5.41, 5.74) is -9.45. The van der Waals surface area contributed by atoms with Crippen LogP contribution in [0, 0.1) is 0 Å². The first-order chi connectivity index (χ1) is 19.3. The van der Waals surface area contributed by atoms with E-state index in [0.717, 1.165) is 0 Å². The fraction of sp³-hybridized carbons (Fsp3) is 1.00. The van der Waals surface area contributed by atoms with Crippen molar-refractivity contribution in [2.45, 2.75) is 102 Å². The Kier molecular flexibility index (Phi) is 10.0. The van der Waals surface area contributed by atoms with Gasteiger partial charge in [-0.15, -0.1) is 0 Å². The van der Waals surface area contributed by atoms with Crippen LogP contribution in [0.3, 0.4) is 0 Å². The van der Waals surface area contributed by atoms with E-state index >= 15 is 0 Å². The summed E-state index contributed by atoms with van der Waals surface area (Å²) in [6, 6.07) is 0. The van der Waals surface area contributed by atoms with Gasteiger partial charge in [0.25, 0.3) is 0 Å². The lowest BCUT2D eigenvalue weighted by atomic mass is 9.59. The van der Waals surface area contributed by atoms with Crippen LogP contribution in [0.25, 0.3) is 0 Å². The molecule has 0 spiro atoms. The van der Waals surface area contributed by atoms with E-state index in [9.17, 15) is 91.9 Å². The van der Waals surface area contributed by atoms with E-state index < -0.39 is 128 Å². The van der Waals surface area contributed by atoms with Gasteiger partial charge in [0, 0.05) is 0 Å². The highest BCUT2D eigenvalue weighted by Gasteiger charge is 2.87. The molecule has 0 aliphatic carbocycles. The summed E-state index contributed by atoms with van der Waals surface area (Å²) in [4.78, 5) is 0. The van der Waals surface area contributed by atoms with Crippen LogP contribution < -0.4 is 0 Å². The molecule has 3 aliphatic rings. The lowest BCUT2D eigenvalue weighted by Crippen LogP contribution is -2.94. The molecule has 0 saturated carbocycles. The zero-order chi connectivity index (χ0) is 32.4. The maximum Gasteiger partial charge on any atom is 0.233 e. The van der Waals surface area contributed by atoms with Crippen molar-refractivity contribution in [2.75, 3.05) is 26.4 Å². The van der Waals surface area contributed by atoms with Crippen LogP contribution in [0.5, 0.6) is 0 Å². The lowest BCUT2D eigenvalue weighted by Gasteiger charge is -2.66. The van der Waals surface area contributed by atoms with Crippen molar-refractivity contribution in [3.8, 4) is 0 Å². The van der Waals surface area contributed by atoms with Crippen LogP contribution in [-0.2, 0) is 14.2 Å². The standard InChI is InChI=1S/C21H38O21/c22-1-5-8(26)11(29)14(32)18(36,40-5)17(35,4-25)21(39,19(37)15(33)12(30)9(27)6(2-23)41-19)20(38)16(34)13(31)10(28)7(3-24)42-20/h5-16,22-39H,1-4H2. The minimum Gasteiger partial charge on any atom is -0.394 e. The number of aliphatic hydroxyl groups is 18. The highest BCUT2D eigenvalue weighted by molar-refractivity contribution is 5.28. The molecule has 0 aromatic rings. The zero-order valence-electron chi connectivity index (χ0n) is 21.5. The molecule has 21 heteroatoms. The van der Waals surface area contributed by atoms with Gasteiger partial charge in [0.2, 0.25) is 23.0 Å². The van der Waals surface area contributed by atoms with Crippen molar-refractivity contribution < 1.29 is 106 Å².